The van der Waals surface area contributed by atoms with Crippen molar-refractivity contribution in [2.45, 2.75) is 59.8 Å². The summed E-state index contributed by atoms with van der Waals surface area (Å²) < 4.78 is 0. The minimum atomic E-state index is 0.331. The smallest absolute Gasteiger partial charge is 0.0433 e. The highest BCUT2D eigenvalue weighted by molar-refractivity contribution is 4.38. The third-order valence-corrected chi connectivity index (χ3v) is 1.66. The van der Waals surface area contributed by atoms with Crippen molar-refractivity contribution < 1.29 is 5.11 Å². The Morgan fingerprint density at radius 1 is 1.00 bits per heavy atom. The Bertz CT molecular complexity index is 56.0. The Labute approximate surface area is 78.2 Å². The van der Waals surface area contributed by atoms with Crippen LogP contribution in [0.3, 0.4) is 0 Å². The molecular weight excluding hydrogens is 148 g/mol. The van der Waals surface area contributed by atoms with Crippen molar-refractivity contribution in [2.24, 2.45) is 5.92 Å². The largest absolute Gasteiger partial charge is 0.396 e. The van der Waals surface area contributed by atoms with Crippen LogP contribution in [0.25, 0.3) is 0 Å². The first-order valence-electron chi connectivity index (χ1n) is 5.29. The summed E-state index contributed by atoms with van der Waals surface area (Å²) in [6.07, 6.45) is 6.47. The minimum Gasteiger partial charge on any atom is -0.396 e. The average molecular weight is 174 g/mol. The Kier molecular flexibility index (Phi) is 16.3. The van der Waals surface area contributed by atoms with Crippen LogP contribution in [0.1, 0.15) is 59.8 Å². The van der Waals surface area contributed by atoms with Gasteiger partial charge in [-0.3, -0.25) is 0 Å². The van der Waals surface area contributed by atoms with Crippen LogP contribution < -0.4 is 0 Å². The molecule has 1 heteroatoms. The molecule has 1 nitrogen and oxygen atoms in total. The van der Waals surface area contributed by atoms with Crippen molar-refractivity contribution >= 4 is 0 Å². The Hall–Kier alpha value is -0.0400. The van der Waals surface area contributed by atoms with Crippen molar-refractivity contribution in [1.29, 1.82) is 0 Å². The summed E-state index contributed by atoms with van der Waals surface area (Å²) in [6.45, 7) is 8.98. The van der Waals surface area contributed by atoms with Crippen LogP contribution in [0.2, 0.25) is 0 Å². The number of hydrogen-bond donors (Lipinski definition) is 1. The van der Waals surface area contributed by atoms with Gasteiger partial charge in [0.25, 0.3) is 0 Å². The molecule has 0 amide bonds. The summed E-state index contributed by atoms with van der Waals surface area (Å²) in [6, 6.07) is 0. The zero-order valence-corrected chi connectivity index (χ0v) is 9.27. The zero-order chi connectivity index (χ0) is 9.82. The molecule has 0 aliphatic rings. The maximum absolute atomic E-state index is 8.24. The number of aliphatic hydroxyl groups excluding tert-OH is 1. The lowest BCUT2D eigenvalue weighted by molar-refractivity contribution is 0.268. The van der Waals surface area contributed by atoms with Gasteiger partial charge in [-0.25, -0.2) is 0 Å². The topological polar surface area (TPSA) is 20.2 Å². The number of hydrogen-bond acceptors (Lipinski definition) is 1. The van der Waals surface area contributed by atoms with E-state index in [4.69, 9.17) is 5.11 Å². The Balaban J connectivity index is 0. The van der Waals surface area contributed by atoms with E-state index in [2.05, 4.69) is 27.7 Å². The van der Waals surface area contributed by atoms with Gasteiger partial charge in [0.05, 0.1) is 0 Å². The maximum atomic E-state index is 8.24. The summed E-state index contributed by atoms with van der Waals surface area (Å²) in [5, 5.41) is 8.24. The second-order valence-corrected chi connectivity index (χ2v) is 3.61. The normalized spacial score (nSPS) is 9.50. The van der Waals surface area contributed by atoms with Gasteiger partial charge in [0.1, 0.15) is 0 Å². The SMILES string of the molecule is CC(C)CCO.CCCCCC. The molecule has 0 aromatic rings. The second-order valence-electron chi connectivity index (χ2n) is 3.61. The van der Waals surface area contributed by atoms with Crippen LogP contribution in [0.5, 0.6) is 0 Å². The first kappa shape index (κ1) is 14.5. The van der Waals surface area contributed by atoms with E-state index in [1.807, 2.05) is 0 Å². The van der Waals surface area contributed by atoms with Gasteiger partial charge < -0.3 is 5.11 Å². The molecule has 0 radical (unpaired) electrons. The molecule has 0 atom stereocenters. The molecule has 0 saturated carbocycles. The van der Waals surface area contributed by atoms with Gasteiger partial charge in [0, 0.05) is 6.61 Å². The molecule has 0 spiro atoms. The average Bonchev–Trinajstić information content (AvgIpc) is 2.02. The summed E-state index contributed by atoms with van der Waals surface area (Å²) in [7, 11) is 0. The molecular formula is C11H26O. The number of unbranched alkanes of at least 4 members (excludes halogenated alkanes) is 3. The summed E-state index contributed by atoms with van der Waals surface area (Å²) in [5.74, 6) is 0.648. The van der Waals surface area contributed by atoms with Gasteiger partial charge in [-0.1, -0.05) is 53.4 Å². The second kappa shape index (κ2) is 13.5. The molecule has 0 rings (SSSR count). The van der Waals surface area contributed by atoms with E-state index >= 15 is 0 Å². The molecule has 12 heavy (non-hydrogen) atoms. The van der Waals surface area contributed by atoms with Gasteiger partial charge in [-0.2, -0.15) is 0 Å². The molecule has 1 N–H and O–H groups in total. The van der Waals surface area contributed by atoms with Crippen LogP contribution in [0, 0.1) is 5.92 Å². The molecule has 0 saturated heterocycles. The van der Waals surface area contributed by atoms with E-state index in [0.29, 0.717) is 12.5 Å². The lowest BCUT2D eigenvalue weighted by Gasteiger charge is -1.95. The lowest BCUT2D eigenvalue weighted by atomic mass is 10.2. The van der Waals surface area contributed by atoms with E-state index in [-0.39, 0.29) is 0 Å². The third-order valence-electron chi connectivity index (χ3n) is 1.66. The molecule has 0 aromatic heterocycles. The van der Waals surface area contributed by atoms with Gasteiger partial charge in [-0.05, 0) is 12.3 Å². The first-order chi connectivity index (χ1) is 5.68. The monoisotopic (exact) mass is 174 g/mol. The highest BCUT2D eigenvalue weighted by Crippen LogP contribution is 1.95. The van der Waals surface area contributed by atoms with Gasteiger partial charge in [0.15, 0.2) is 0 Å². The van der Waals surface area contributed by atoms with Gasteiger partial charge >= 0.3 is 0 Å². The highest BCUT2D eigenvalue weighted by Gasteiger charge is 1.86. The fourth-order valence-electron chi connectivity index (χ4n) is 0.758. The minimum absolute atomic E-state index is 0.331. The predicted octanol–water partition coefficient (Wildman–Crippen LogP) is 3.61. The summed E-state index contributed by atoms with van der Waals surface area (Å²) in [4.78, 5) is 0. The lowest BCUT2D eigenvalue weighted by Crippen LogP contribution is -1.89. The van der Waals surface area contributed by atoms with E-state index < -0.39 is 0 Å². The maximum Gasteiger partial charge on any atom is 0.0433 e. The predicted molar refractivity (Wildman–Crippen MR) is 56.4 cm³/mol. The molecule has 0 fully saturated rings. The van der Waals surface area contributed by atoms with Crippen molar-refractivity contribution in [3.05, 3.63) is 0 Å². The zero-order valence-electron chi connectivity index (χ0n) is 9.27. The van der Waals surface area contributed by atoms with Gasteiger partial charge in [-0.15, -0.1) is 0 Å². The molecule has 0 heterocycles. The standard InChI is InChI=1S/C6H14.C5H12O/c1-3-5-6-4-2;1-5(2)3-4-6/h3-6H2,1-2H3;5-6H,3-4H2,1-2H3. The van der Waals surface area contributed by atoms with E-state index in [1.165, 1.54) is 25.7 Å². The van der Waals surface area contributed by atoms with Crippen LogP contribution >= 0.6 is 0 Å². The Morgan fingerprint density at radius 2 is 1.42 bits per heavy atom. The summed E-state index contributed by atoms with van der Waals surface area (Å²) in [5.41, 5.74) is 0. The van der Waals surface area contributed by atoms with E-state index in [0.717, 1.165) is 6.42 Å². The van der Waals surface area contributed by atoms with E-state index in [1.54, 1.807) is 0 Å². The fourth-order valence-corrected chi connectivity index (χ4v) is 0.758. The molecule has 0 unspecified atom stereocenters. The molecule has 0 aliphatic heterocycles. The fraction of sp³-hybridized carbons (Fsp3) is 1.00. The van der Waals surface area contributed by atoms with Crippen molar-refractivity contribution in [2.75, 3.05) is 6.61 Å². The van der Waals surface area contributed by atoms with Crippen LogP contribution in [-0.4, -0.2) is 11.7 Å². The van der Waals surface area contributed by atoms with Gasteiger partial charge in [0.2, 0.25) is 0 Å². The third kappa shape index (κ3) is 22.5. The quantitative estimate of drug-likeness (QED) is 0.631. The molecule has 0 aromatic carbocycles. The molecule has 76 valence electrons. The van der Waals surface area contributed by atoms with Crippen molar-refractivity contribution in [1.82, 2.24) is 0 Å². The number of rotatable bonds is 5. The first-order valence-corrected chi connectivity index (χ1v) is 5.29. The number of aliphatic hydroxyl groups is 1. The van der Waals surface area contributed by atoms with Crippen molar-refractivity contribution in [3.8, 4) is 0 Å². The van der Waals surface area contributed by atoms with Crippen LogP contribution in [0.4, 0.5) is 0 Å². The van der Waals surface area contributed by atoms with Crippen molar-refractivity contribution in [3.63, 3.8) is 0 Å². The molecule has 0 bridgehead atoms. The van der Waals surface area contributed by atoms with Crippen LogP contribution in [0.15, 0.2) is 0 Å². The highest BCUT2D eigenvalue weighted by atomic mass is 16.2. The van der Waals surface area contributed by atoms with E-state index in [9.17, 15) is 0 Å². The Morgan fingerprint density at radius 3 is 1.50 bits per heavy atom. The van der Waals surface area contributed by atoms with Crippen LogP contribution in [-0.2, 0) is 0 Å². The summed E-state index contributed by atoms with van der Waals surface area (Å²) >= 11 is 0. The molecule has 0 aliphatic carbocycles.